The zero-order valence-corrected chi connectivity index (χ0v) is 11.0. The molecule has 20 heavy (non-hydrogen) atoms. The van der Waals surface area contributed by atoms with Gasteiger partial charge in [0.2, 0.25) is 0 Å². The first-order valence-electron chi connectivity index (χ1n) is 5.93. The van der Waals surface area contributed by atoms with Crippen molar-refractivity contribution in [3.05, 3.63) is 47.5 Å². The maximum atomic E-state index is 13.1. The van der Waals surface area contributed by atoms with Gasteiger partial charge in [-0.15, -0.1) is 0 Å². The third-order valence-electron chi connectivity index (χ3n) is 3.00. The molecule has 7 heteroatoms. The fourth-order valence-electron chi connectivity index (χ4n) is 2.08. The molecule has 4 nitrogen and oxygen atoms in total. The number of aromatic nitrogens is 3. The Morgan fingerprint density at radius 2 is 1.95 bits per heavy atom. The summed E-state index contributed by atoms with van der Waals surface area (Å²) in [5.74, 6) is 0. The minimum Gasteiger partial charge on any atom is -0.383 e. The van der Waals surface area contributed by atoms with Gasteiger partial charge in [0, 0.05) is 0 Å². The topological polar surface area (TPSA) is 50.9 Å². The minimum atomic E-state index is -4.52. The van der Waals surface area contributed by atoms with E-state index < -0.39 is 17.3 Å². The van der Waals surface area contributed by atoms with Crippen LogP contribution in [0.15, 0.2) is 30.9 Å². The fraction of sp³-hybridized carbons (Fsp3) is 0.385. The lowest BCUT2D eigenvalue weighted by atomic mass is 9.90. The van der Waals surface area contributed by atoms with E-state index in [0.717, 1.165) is 6.07 Å². The lowest BCUT2D eigenvalue weighted by Gasteiger charge is -2.27. The van der Waals surface area contributed by atoms with E-state index >= 15 is 0 Å². The second-order valence-corrected chi connectivity index (χ2v) is 4.91. The maximum absolute atomic E-state index is 13.1. The predicted octanol–water partition coefficient (Wildman–Crippen LogP) is 2.51. The van der Waals surface area contributed by atoms with Crippen molar-refractivity contribution in [3.8, 4) is 0 Å². The molecule has 2 rings (SSSR count). The summed E-state index contributed by atoms with van der Waals surface area (Å²) in [6.07, 6.45) is -1.92. The number of aliphatic hydroxyl groups is 1. The van der Waals surface area contributed by atoms with E-state index in [1.807, 2.05) is 0 Å². The lowest BCUT2D eigenvalue weighted by molar-refractivity contribution is -0.140. The summed E-state index contributed by atoms with van der Waals surface area (Å²) in [6, 6.07) is 3.88. The van der Waals surface area contributed by atoms with Crippen molar-refractivity contribution in [1.82, 2.24) is 14.8 Å². The Hall–Kier alpha value is -1.89. The van der Waals surface area contributed by atoms with Gasteiger partial charge in [-0.3, -0.25) is 0 Å². The highest BCUT2D eigenvalue weighted by atomic mass is 19.4. The molecule has 1 aromatic heterocycles. The van der Waals surface area contributed by atoms with Crippen LogP contribution in [0.3, 0.4) is 0 Å². The van der Waals surface area contributed by atoms with Crippen molar-refractivity contribution < 1.29 is 18.3 Å². The van der Waals surface area contributed by atoms with Crippen LogP contribution in [0, 0.1) is 6.92 Å². The molecule has 1 atom stereocenters. The highest BCUT2D eigenvalue weighted by Crippen LogP contribution is 2.37. The number of hydrogen-bond donors (Lipinski definition) is 1. The third kappa shape index (κ3) is 2.98. The highest BCUT2D eigenvalue weighted by Gasteiger charge is 2.39. The molecule has 2 aromatic rings. The number of nitrogens with zero attached hydrogens (tertiary/aromatic N) is 3. The van der Waals surface area contributed by atoms with Crippen LogP contribution in [-0.4, -0.2) is 19.9 Å². The Bertz CT molecular complexity index is 591. The van der Waals surface area contributed by atoms with Crippen LogP contribution in [0.5, 0.6) is 0 Å². The lowest BCUT2D eigenvalue weighted by Crippen LogP contribution is -2.31. The van der Waals surface area contributed by atoms with Gasteiger partial charge < -0.3 is 5.11 Å². The second kappa shape index (κ2) is 4.90. The predicted molar refractivity (Wildman–Crippen MR) is 65.8 cm³/mol. The number of aryl methyl sites for hydroxylation is 1. The molecule has 0 aliphatic rings. The Balaban J connectivity index is 2.45. The first-order chi connectivity index (χ1) is 9.20. The summed E-state index contributed by atoms with van der Waals surface area (Å²) < 4.78 is 40.6. The summed E-state index contributed by atoms with van der Waals surface area (Å²) in [7, 11) is 0. The molecule has 0 saturated carbocycles. The van der Waals surface area contributed by atoms with Crippen molar-refractivity contribution in [1.29, 1.82) is 0 Å². The van der Waals surface area contributed by atoms with Gasteiger partial charge in [0.1, 0.15) is 18.3 Å². The van der Waals surface area contributed by atoms with E-state index in [-0.39, 0.29) is 12.1 Å². The monoisotopic (exact) mass is 285 g/mol. The van der Waals surface area contributed by atoms with Crippen LogP contribution in [0.4, 0.5) is 13.2 Å². The van der Waals surface area contributed by atoms with Crippen LogP contribution >= 0.6 is 0 Å². The Labute approximate surface area is 113 Å². The zero-order chi connectivity index (χ0) is 15.0. The van der Waals surface area contributed by atoms with E-state index in [9.17, 15) is 18.3 Å². The van der Waals surface area contributed by atoms with Gasteiger partial charge >= 0.3 is 6.18 Å². The van der Waals surface area contributed by atoms with Gasteiger partial charge in [0.05, 0.1) is 12.1 Å². The van der Waals surface area contributed by atoms with E-state index in [2.05, 4.69) is 10.1 Å². The molecule has 1 heterocycles. The van der Waals surface area contributed by atoms with Crippen LogP contribution < -0.4 is 0 Å². The summed E-state index contributed by atoms with van der Waals surface area (Å²) in [6.45, 7) is 2.79. The van der Waals surface area contributed by atoms with Gasteiger partial charge in [0.25, 0.3) is 0 Å². The fourth-order valence-corrected chi connectivity index (χ4v) is 2.08. The van der Waals surface area contributed by atoms with Gasteiger partial charge in [-0.05, 0) is 25.5 Å². The molecule has 108 valence electrons. The van der Waals surface area contributed by atoms with E-state index in [1.165, 1.54) is 30.3 Å². The van der Waals surface area contributed by atoms with Crippen molar-refractivity contribution in [2.45, 2.75) is 32.2 Å². The molecule has 0 aliphatic heterocycles. The largest absolute Gasteiger partial charge is 0.416 e. The second-order valence-electron chi connectivity index (χ2n) is 4.91. The van der Waals surface area contributed by atoms with Crippen molar-refractivity contribution >= 4 is 0 Å². The summed E-state index contributed by atoms with van der Waals surface area (Å²) in [5.41, 5.74) is -2.22. The van der Waals surface area contributed by atoms with Crippen LogP contribution in [0.2, 0.25) is 0 Å². The molecule has 0 saturated heterocycles. The standard InChI is InChI=1S/C13H14F3N3O/c1-9-3-4-10(11(5-9)13(14,15)16)12(2,20)6-19-8-17-7-18-19/h3-5,7-8,20H,6H2,1-2H3. The molecule has 0 bridgehead atoms. The molecule has 0 fully saturated rings. The van der Waals surface area contributed by atoms with Crippen molar-refractivity contribution in [2.24, 2.45) is 0 Å². The van der Waals surface area contributed by atoms with Crippen molar-refractivity contribution in [2.75, 3.05) is 0 Å². The molecular weight excluding hydrogens is 271 g/mol. The molecule has 0 aliphatic carbocycles. The molecule has 1 aromatic carbocycles. The minimum absolute atomic E-state index is 0.112. The van der Waals surface area contributed by atoms with Crippen molar-refractivity contribution in [3.63, 3.8) is 0 Å². The summed E-state index contributed by atoms with van der Waals surface area (Å²) >= 11 is 0. The molecular formula is C13H14F3N3O. The molecule has 0 amide bonds. The van der Waals surface area contributed by atoms with E-state index in [1.54, 1.807) is 13.0 Å². The number of benzene rings is 1. The van der Waals surface area contributed by atoms with Gasteiger partial charge in [-0.2, -0.15) is 18.3 Å². The number of alkyl halides is 3. The van der Waals surface area contributed by atoms with Crippen LogP contribution in [0.25, 0.3) is 0 Å². The third-order valence-corrected chi connectivity index (χ3v) is 3.00. The van der Waals surface area contributed by atoms with E-state index in [4.69, 9.17) is 0 Å². The summed E-state index contributed by atoms with van der Waals surface area (Å²) in [5, 5.41) is 14.2. The molecule has 0 spiro atoms. The van der Waals surface area contributed by atoms with Crippen LogP contribution in [0.1, 0.15) is 23.6 Å². The molecule has 1 N–H and O–H groups in total. The number of hydrogen-bond acceptors (Lipinski definition) is 3. The number of halogens is 3. The first kappa shape index (κ1) is 14.5. The zero-order valence-electron chi connectivity index (χ0n) is 11.0. The Morgan fingerprint density at radius 3 is 2.50 bits per heavy atom. The van der Waals surface area contributed by atoms with Gasteiger partial charge in [-0.25, -0.2) is 9.67 Å². The average Bonchev–Trinajstić information content (AvgIpc) is 2.79. The smallest absolute Gasteiger partial charge is 0.383 e. The molecule has 0 radical (unpaired) electrons. The van der Waals surface area contributed by atoms with Crippen LogP contribution in [-0.2, 0) is 18.3 Å². The van der Waals surface area contributed by atoms with Gasteiger partial charge in [-0.1, -0.05) is 17.7 Å². The SMILES string of the molecule is Cc1ccc(C(C)(O)Cn2cncn2)c(C(F)(F)F)c1. The van der Waals surface area contributed by atoms with Gasteiger partial charge in [0.15, 0.2) is 0 Å². The Morgan fingerprint density at radius 1 is 1.25 bits per heavy atom. The number of rotatable bonds is 3. The first-order valence-corrected chi connectivity index (χ1v) is 5.93. The quantitative estimate of drug-likeness (QED) is 0.942. The Kier molecular flexibility index (Phi) is 3.56. The summed E-state index contributed by atoms with van der Waals surface area (Å²) in [4.78, 5) is 3.70. The maximum Gasteiger partial charge on any atom is 0.416 e. The normalized spacial score (nSPS) is 15.1. The van der Waals surface area contributed by atoms with E-state index in [0.29, 0.717) is 5.56 Å². The average molecular weight is 285 g/mol. The highest BCUT2D eigenvalue weighted by molar-refractivity contribution is 5.37. The molecule has 1 unspecified atom stereocenters.